The maximum Gasteiger partial charge on any atom is 0.270 e. The predicted molar refractivity (Wildman–Crippen MR) is 140 cm³/mol. The molecule has 3 aromatic heterocycles. The first-order valence-electron chi connectivity index (χ1n) is 11.3. The first kappa shape index (κ1) is 21.9. The van der Waals surface area contributed by atoms with Crippen LogP contribution in [0.4, 0.5) is 5.69 Å². The topological polar surface area (TPSA) is 91.7 Å². The molecule has 0 atom stereocenters. The summed E-state index contributed by atoms with van der Waals surface area (Å²) in [5.74, 6) is 0. The number of para-hydroxylation sites is 2. The molecule has 0 bridgehead atoms. The number of aromatic nitrogens is 5. The van der Waals surface area contributed by atoms with Gasteiger partial charge in [-0.1, -0.05) is 48.0 Å². The van der Waals surface area contributed by atoms with Gasteiger partial charge >= 0.3 is 0 Å². The van der Waals surface area contributed by atoms with Crippen molar-refractivity contribution in [3.8, 4) is 22.5 Å². The largest absolute Gasteiger partial charge is 0.270 e. The lowest BCUT2D eigenvalue weighted by Gasteiger charge is -2.11. The molecule has 0 saturated carbocycles. The van der Waals surface area contributed by atoms with Gasteiger partial charge in [0.05, 0.1) is 38.5 Å². The van der Waals surface area contributed by atoms with Crippen LogP contribution in [0.5, 0.6) is 0 Å². The van der Waals surface area contributed by atoms with Crippen LogP contribution in [0.1, 0.15) is 11.4 Å². The Labute approximate surface area is 210 Å². The molecule has 176 valence electrons. The Morgan fingerprint density at radius 3 is 1.75 bits per heavy atom. The van der Waals surface area contributed by atoms with Crippen LogP contribution in [-0.4, -0.2) is 29.5 Å². The van der Waals surface area contributed by atoms with Gasteiger partial charge in [-0.2, -0.15) is 10.2 Å². The third kappa shape index (κ3) is 3.34. The Bertz CT molecular complexity index is 1690. The molecule has 9 heteroatoms. The molecule has 0 N–H and O–H groups in total. The van der Waals surface area contributed by atoms with E-state index < -0.39 is 4.92 Å². The summed E-state index contributed by atoms with van der Waals surface area (Å²) in [6.45, 7) is 3.81. The van der Waals surface area contributed by atoms with Gasteiger partial charge in [-0.15, -0.1) is 0 Å². The van der Waals surface area contributed by atoms with Crippen molar-refractivity contribution in [1.29, 1.82) is 0 Å². The van der Waals surface area contributed by atoms with Gasteiger partial charge < -0.3 is 0 Å². The summed E-state index contributed by atoms with van der Waals surface area (Å²) in [5, 5.41) is 23.2. The fraction of sp³-hybridized carbons (Fsp3) is 0.0741. The second-order valence-corrected chi connectivity index (χ2v) is 8.88. The van der Waals surface area contributed by atoms with E-state index in [-0.39, 0.29) is 5.69 Å². The van der Waals surface area contributed by atoms with Crippen LogP contribution in [0.15, 0.2) is 78.9 Å². The van der Waals surface area contributed by atoms with Crippen molar-refractivity contribution in [3.63, 3.8) is 0 Å². The molecule has 8 nitrogen and oxygen atoms in total. The summed E-state index contributed by atoms with van der Waals surface area (Å²) >= 11 is 6.69. The molecule has 3 heterocycles. The first-order valence-corrected chi connectivity index (χ1v) is 11.7. The van der Waals surface area contributed by atoms with Gasteiger partial charge in [0.25, 0.3) is 5.69 Å². The first-order chi connectivity index (χ1) is 17.4. The molecule has 6 aromatic rings. The Morgan fingerprint density at radius 2 is 1.28 bits per heavy atom. The summed E-state index contributed by atoms with van der Waals surface area (Å²) < 4.78 is 3.58. The number of hydrogen-bond acceptors (Lipinski definition) is 5. The Balaban J connectivity index is 1.82. The van der Waals surface area contributed by atoms with Crippen LogP contribution in [0, 0.1) is 24.0 Å². The SMILES string of the molecule is Cc1nn(-c2ccccc2)c2nc3c(c(C)nn3-c3ccccc3)c(-c3cc([N+](=O)[O-])ccc3Cl)c12. The minimum atomic E-state index is -0.421. The molecule has 0 saturated heterocycles. The molecule has 0 spiro atoms. The molecule has 0 radical (unpaired) electrons. The highest BCUT2D eigenvalue weighted by atomic mass is 35.5. The van der Waals surface area contributed by atoms with Crippen molar-refractivity contribution in [2.45, 2.75) is 13.8 Å². The van der Waals surface area contributed by atoms with Gasteiger partial charge in [0.2, 0.25) is 0 Å². The van der Waals surface area contributed by atoms with Crippen LogP contribution in [0.25, 0.3) is 44.6 Å². The molecule has 0 fully saturated rings. The fourth-order valence-corrected chi connectivity index (χ4v) is 4.85. The van der Waals surface area contributed by atoms with Crippen LogP contribution in [0.3, 0.4) is 0 Å². The lowest BCUT2D eigenvalue weighted by molar-refractivity contribution is -0.384. The van der Waals surface area contributed by atoms with Crippen LogP contribution >= 0.6 is 11.6 Å². The standard InChI is InChI=1S/C27H19ClN6O2/c1-16-23-25(21-15-20(34(35)36)13-14-22(21)28)24-17(2)31-33(19-11-7-4-8-12-19)27(24)29-26(23)32(30-16)18-9-5-3-6-10-18/h3-15H,1-2H3. The maximum absolute atomic E-state index is 11.7. The van der Waals surface area contributed by atoms with E-state index in [1.54, 1.807) is 15.4 Å². The zero-order valence-corrected chi connectivity index (χ0v) is 20.1. The van der Waals surface area contributed by atoms with Gasteiger partial charge in [0.1, 0.15) is 0 Å². The number of nitro groups is 1. The number of aryl methyl sites for hydroxylation is 2. The van der Waals surface area contributed by atoms with E-state index >= 15 is 0 Å². The number of halogens is 1. The number of fused-ring (bicyclic) bond motifs is 2. The minimum absolute atomic E-state index is 0.0475. The Kier molecular flexibility index (Phi) is 5.05. The molecular formula is C27H19ClN6O2. The number of nitro benzene ring substituents is 1. The molecule has 0 unspecified atom stereocenters. The molecule has 0 aliphatic rings. The molecule has 6 rings (SSSR count). The van der Waals surface area contributed by atoms with Gasteiger partial charge in [-0.3, -0.25) is 10.1 Å². The number of pyridine rings is 1. The number of nitrogens with zero attached hydrogens (tertiary/aromatic N) is 6. The summed E-state index contributed by atoms with van der Waals surface area (Å²) in [6.07, 6.45) is 0. The molecule has 0 amide bonds. The van der Waals surface area contributed by atoms with E-state index in [2.05, 4.69) is 0 Å². The lowest BCUT2D eigenvalue weighted by atomic mass is 9.97. The Morgan fingerprint density at radius 1 is 0.778 bits per heavy atom. The average Bonchev–Trinajstić information content (AvgIpc) is 3.41. The Hall–Kier alpha value is -4.56. The van der Waals surface area contributed by atoms with Crippen LogP contribution in [0.2, 0.25) is 5.02 Å². The van der Waals surface area contributed by atoms with Gasteiger partial charge in [0.15, 0.2) is 11.3 Å². The lowest BCUT2D eigenvalue weighted by Crippen LogP contribution is -2.01. The number of rotatable bonds is 4. The average molecular weight is 495 g/mol. The molecular weight excluding hydrogens is 476 g/mol. The highest BCUT2D eigenvalue weighted by Gasteiger charge is 2.26. The summed E-state index contributed by atoms with van der Waals surface area (Å²) in [4.78, 5) is 16.3. The van der Waals surface area contributed by atoms with E-state index in [1.165, 1.54) is 12.1 Å². The smallest absolute Gasteiger partial charge is 0.258 e. The predicted octanol–water partition coefficient (Wildman–Crippen LogP) is 6.60. The molecule has 0 aliphatic carbocycles. The fourth-order valence-electron chi connectivity index (χ4n) is 4.63. The summed E-state index contributed by atoms with van der Waals surface area (Å²) in [5.41, 5.74) is 5.59. The van der Waals surface area contributed by atoms with E-state index in [1.807, 2.05) is 74.5 Å². The van der Waals surface area contributed by atoms with Crippen LogP contribution in [-0.2, 0) is 0 Å². The number of hydrogen-bond donors (Lipinski definition) is 0. The van der Waals surface area contributed by atoms with Crippen molar-refractivity contribution >= 4 is 39.4 Å². The summed E-state index contributed by atoms with van der Waals surface area (Å²) in [6, 6.07) is 23.9. The van der Waals surface area contributed by atoms with Crippen molar-refractivity contribution in [2.75, 3.05) is 0 Å². The number of benzene rings is 3. The van der Waals surface area contributed by atoms with Crippen molar-refractivity contribution in [3.05, 3.63) is 105 Å². The number of non-ortho nitro benzene ring substituents is 1. The van der Waals surface area contributed by atoms with Crippen LogP contribution < -0.4 is 0 Å². The molecule has 36 heavy (non-hydrogen) atoms. The third-order valence-electron chi connectivity index (χ3n) is 6.22. The third-order valence-corrected chi connectivity index (χ3v) is 6.55. The maximum atomic E-state index is 11.7. The van der Waals surface area contributed by atoms with Gasteiger partial charge in [0, 0.05) is 28.3 Å². The second-order valence-electron chi connectivity index (χ2n) is 8.47. The second kappa shape index (κ2) is 8.28. The zero-order valence-electron chi connectivity index (χ0n) is 19.4. The van der Waals surface area contributed by atoms with E-state index in [4.69, 9.17) is 26.8 Å². The van der Waals surface area contributed by atoms with Gasteiger partial charge in [-0.05, 0) is 44.2 Å². The van der Waals surface area contributed by atoms with E-state index in [0.717, 1.165) is 39.1 Å². The van der Waals surface area contributed by atoms with Crippen molar-refractivity contribution in [1.82, 2.24) is 24.5 Å². The molecule has 3 aromatic carbocycles. The monoisotopic (exact) mass is 494 g/mol. The van der Waals surface area contributed by atoms with Crippen molar-refractivity contribution < 1.29 is 4.92 Å². The highest BCUT2D eigenvalue weighted by Crippen LogP contribution is 2.43. The quantitative estimate of drug-likeness (QED) is 0.203. The zero-order chi connectivity index (χ0) is 25.0. The van der Waals surface area contributed by atoms with E-state index in [9.17, 15) is 10.1 Å². The van der Waals surface area contributed by atoms with Crippen molar-refractivity contribution in [2.24, 2.45) is 0 Å². The van der Waals surface area contributed by atoms with Gasteiger partial charge in [-0.25, -0.2) is 14.3 Å². The van der Waals surface area contributed by atoms with E-state index in [0.29, 0.717) is 21.9 Å². The minimum Gasteiger partial charge on any atom is -0.258 e. The highest BCUT2D eigenvalue weighted by molar-refractivity contribution is 6.34. The normalized spacial score (nSPS) is 11.4. The molecule has 0 aliphatic heterocycles. The summed E-state index contributed by atoms with van der Waals surface area (Å²) in [7, 11) is 0.